The van der Waals surface area contributed by atoms with Gasteiger partial charge in [0, 0.05) is 17.8 Å². The number of anilines is 1. The van der Waals surface area contributed by atoms with E-state index in [1.807, 2.05) is 37.3 Å². The van der Waals surface area contributed by atoms with Crippen LogP contribution in [0.25, 0.3) is 0 Å². The molecule has 0 bridgehead atoms. The van der Waals surface area contributed by atoms with Crippen LogP contribution >= 0.6 is 0 Å². The molecular weight excluding hydrogens is 198 g/mol. The summed E-state index contributed by atoms with van der Waals surface area (Å²) in [5.41, 5.74) is 1.06. The molecule has 3 heteroatoms. The molecular formula is C13H21N3. The van der Waals surface area contributed by atoms with E-state index in [9.17, 15) is 0 Å². The first-order valence-corrected chi connectivity index (χ1v) is 5.66. The number of benzene rings is 1. The van der Waals surface area contributed by atoms with Gasteiger partial charge in [-0.25, -0.2) is 0 Å². The topological polar surface area (TPSA) is 36.4 Å². The van der Waals surface area contributed by atoms with Gasteiger partial charge in [0.1, 0.15) is 0 Å². The molecule has 0 unspecified atom stereocenters. The zero-order valence-corrected chi connectivity index (χ0v) is 10.5. The molecule has 0 aliphatic rings. The first-order valence-electron chi connectivity index (χ1n) is 5.66. The Bertz CT molecular complexity index is 336. The molecule has 0 spiro atoms. The highest BCUT2D eigenvalue weighted by Gasteiger charge is 2.11. The van der Waals surface area contributed by atoms with Gasteiger partial charge in [0.2, 0.25) is 0 Å². The molecule has 0 heterocycles. The molecule has 0 saturated heterocycles. The zero-order chi connectivity index (χ0) is 12.0. The summed E-state index contributed by atoms with van der Waals surface area (Å²) in [6.45, 7) is 9.13. The first-order chi connectivity index (χ1) is 7.51. The largest absolute Gasteiger partial charge is 0.352 e. The molecule has 16 heavy (non-hydrogen) atoms. The summed E-state index contributed by atoms with van der Waals surface area (Å²) in [4.78, 5) is 4.40. The van der Waals surface area contributed by atoms with Crippen molar-refractivity contribution in [2.45, 2.75) is 33.2 Å². The first kappa shape index (κ1) is 12.6. The van der Waals surface area contributed by atoms with E-state index in [2.05, 4.69) is 36.4 Å². The lowest BCUT2D eigenvalue weighted by molar-refractivity contribution is 0.510. The molecule has 0 saturated carbocycles. The maximum Gasteiger partial charge on any atom is 0.196 e. The molecule has 0 radical (unpaired) electrons. The molecule has 0 fully saturated rings. The maximum absolute atomic E-state index is 4.40. The Labute approximate surface area is 98.0 Å². The summed E-state index contributed by atoms with van der Waals surface area (Å²) >= 11 is 0. The van der Waals surface area contributed by atoms with Crippen LogP contribution in [0, 0.1) is 0 Å². The second-order valence-electron chi connectivity index (χ2n) is 4.69. The number of para-hydroxylation sites is 1. The van der Waals surface area contributed by atoms with Gasteiger partial charge in [-0.1, -0.05) is 18.2 Å². The van der Waals surface area contributed by atoms with Gasteiger partial charge in [-0.2, -0.15) is 0 Å². The minimum Gasteiger partial charge on any atom is -0.352 e. The number of rotatable bonds is 2. The van der Waals surface area contributed by atoms with Crippen molar-refractivity contribution >= 4 is 11.6 Å². The van der Waals surface area contributed by atoms with Crippen LogP contribution in [-0.4, -0.2) is 18.0 Å². The summed E-state index contributed by atoms with van der Waals surface area (Å²) in [6.07, 6.45) is 0. The van der Waals surface area contributed by atoms with E-state index >= 15 is 0 Å². The average Bonchev–Trinajstić information content (AvgIpc) is 2.17. The summed E-state index contributed by atoms with van der Waals surface area (Å²) in [5, 5.41) is 6.62. The van der Waals surface area contributed by atoms with Gasteiger partial charge < -0.3 is 10.6 Å². The number of hydrogen-bond donors (Lipinski definition) is 2. The van der Waals surface area contributed by atoms with Gasteiger partial charge in [0.05, 0.1) is 0 Å². The number of nitrogens with zero attached hydrogens (tertiary/aromatic N) is 1. The van der Waals surface area contributed by atoms with Crippen LogP contribution in [0.4, 0.5) is 5.69 Å². The normalized spacial score (nSPS) is 12.4. The molecule has 1 aromatic carbocycles. The highest BCUT2D eigenvalue weighted by molar-refractivity contribution is 5.94. The van der Waals surface area contributed by atoms with Crippen molar-refractivity contribution in [3.8, 4) is 0 Å². The molecule has 0 aliphatic carbocycles. The summed E-state index contributed by atoms with van der Waals surface area (Å²) in [7, 11) is 0. The van der Waals surface area contributed by atoms with Gasteiger partial charge in [-0.15, -0.1) is 0 Å². The van der Waals surface area contributed by atoms with E-state index in [-0.39, 0.29) is 5.54 Å². The van der Waals surface area contributed by atoms with Crippen molar-refractivity contribution in [3.05, 3.63) is 30.3 Å². The van der Waals surface area contributed by atoms with Crippen molar-refractivity contribution in [2.24, 2.45) is 4.99 Å². The molecule has 0 amide bonds. The van der Waals surface area contributed by atoms with Crippen LogP contribution < -0.4 is 10.6 Å². The van der Waals surface area contributed by atoms with Gasteiger partial charge in [-0.3, -0.25) is 4.99 Å². The summed E-state index contributed by atoms with van der Waals surface area (Å²) < 4.78 is 0. The third kappa shape index (κ3) is 4.82. The van der Waals surface area contributed by atoms with Crippen LogP contribution in [-0.2, 0) is 0 Å². The fraction of sp³-hybridized carbons (Fsp3) is 0.462. The number of hydrogen-bond acceptors (Lipinski definition) is 1. The average molecular weight is 219 g/mol. The lowest BCUT2D eigenvalue weighted by Gasteiger charge is -2.24. The highest BCUT2D eigenvalue weighted by atomic mass is 15.2. The summed E-state index contributed by atoms with van der Waals surface area (Å²) in [5.74, 6) is 0.821. The lowest BCUT2D eigenvalue weighted by Crippen LogP contribution is -2.44. The third-order valence-electron chi connectivity index (χ3n) is 1.85. The van der Waals surface area contributed by atoms with E-state index in [4.69, 9.17) is 0 Å². The fourth-order valence-electron chi connectivity index (χ4n) is 1.28. The van der Waals surface area contributed by atoms with Gasteiger partial charge >= 0.3 is 0 Å². The van der Waals surface area contributed by atoms with Gasteiger partial charge in [-0.05, 0) is 39.8 Å². The zero-order valence-electron chi connectivity index (χ0n) is 10.5. The Hall–Kier alpha value is -1.51. The lowest BCUT2D eigenvalue weighted by atomic mass is 10.1. The van der Waals surface area contributed by atoms with E-state index in [1.54, 1.807) is 0 Å². The van der Waals surface area contributed by atoms with Crippen molar-refractivity contribution in [1.82, 2.24) is 5.32 Å². The van der Waals surface area contributed by atoms with E-state index in [0.717, 1.165) is 18.2 Å². The fourth-order valence-corrected chi connectivity index (χ4v) is 1.28. The second kappa shape index (κ2) is 5.54. The van der Waals surface area contributed by atoms with Gasteiger partial charge in [0.25, 0.3) is 0 Å². The van der Waals surface area contributed by atoms with Crippen molar-refractivity contribution in [1.29, 1.82) is 0 Å². The Kier molecular flexibility index (Phi) is 4.35. The maximum atomic E-state index is 4.40. The summed E-state index contributed by atoms with van der Waals surface area (Å²) in [6, 6.07) is 10.1. The van der Waals surface area contributed by atoms with Crippen molar-refractivity contribution in [3.63, 3.8) is 0 Å². The predicted octanol–water partition coefficient (Wildman–Crippen LogP) is 2.86. The van der Waals surface area contributed by atoms with Crippen LogP contribution in [0.15, 0.2) is 35.3 Å². The van der Waals surface area contributed by atoms with E-state index in [0.29, 0.717) is 0 Å². The predicted molar refractivity (Wildman–Crippen MR) is 70.9 cm³/mol. The van der Waals surface area contributed by atoms with Crippen LogP contribution in [0.5, 0.6) is 0 Å². The Morgan fingerprint density at radius 3 is 2.31 bits per heavy atom. The van der Waals surface area contributed by atoms with Gasteiger partial charge in [0.15, 0.2) is 5.96 Å². The Balaban J connectivity index is 2.70. The Morgan fingerprint density at radius 1 is 1.19 bits per heavy atom. The highest BCUT2D eigenvalue weighted by Crippen LogP contribution is 2.06. The second-order valence-corrected chi connectivity index (χ2v) is 4.69. The van der Waals surface area contributed by atoms with E-state index in [1.165, 1.54) is 0 Å². The molecule has 0 aliphatic heterocycles. The Morgan fingerprint density at radius 2 is 1.81 bits per heavy atom. The monoisotopic (exact) mass is 219 g/mol. The minimum absolute atomic E-state index is 0.00971. The van der Waals surface area contributed by atoms with E-state index < -0.39 is 0 Å². The van der Waals surface area contributed by atoms with Crippen LogP contribution in [0.2, 0.25) is 0 Å². The van der Waals surface area contributed by atoms with Crippen molar-refractivity contribution < 1.29 is 0 Å². The number of guanidine groups is 1. The molecule has 2 N–H and O–H groups in total. The number of nitrogens with one attached hydrogen (secondary N) is 2. The molecule has 0 atom stereocenters. The third-order valence-corrected chi connectivity index (χ3v) is 1.85. The van der Waals surface area contributed by atoms with Crippen LogP contribution in [0.3, 0.4) is 0 Å². The smallest absolute Gasteiger partial charge is 0.196 e. The van der Waals surface area contributed by atoms with Crippen molar-refractivity contribution in [2.75, 3.05) is 11.9 Å². The molecule has 1 rings (SSSR count). The quantitative estimate of drug-likeness (QED) is 0.592. The SMILES string of the molecule is CCN=C(Nc1ccccc1)NC(C)(C)C. The standard InChI is InChI=1S/C13H21N3/c1-5-14-12(16-13(2,3)4)15-11-9-7-6-8-10-11/h6-10H,5H2,1-4H3,(H2,14,15,16). The molecule has 1 aromatic rings. The molecule has 88 valence electrons. The minimum atomic E-state index is 0.00971. The number of aliphatic imine (C=N–C) groups is 1. The van der Waals surface area contributed by atoms with Crippen LogP contribution in [0.1, 0.15) is 27.7 Å². The molecule has 0 aromatic heterocycles. The molecule has 3 nitrogen and oxygen atoms in total.